The zero-order chi connectivity index (χ0) is 11.4. The molecule has 1 saturated carbocycles. The molecule has 2 rings (SSSR count). The fourth-order valence-corrected chi connectivity index (χ4v) is 3.12. The summed E-state index contributed by atoms with van der Waals surface area (Å²) in [4.78, 5) is 4.06. The summed E-state index contributed by atoms with van der Waals surface area (Å²) in [6.45, 7) is 0. The minimum atomic E-state index is 0.478. The van der Waals surface area contributed by atoms with Crippen molar-refractivity contribution in [2.24, 2.45) is 0 Å². The molecule has 4 heteroatoms. The largest absolute Gasteiger partial charge is 0.379 e. The standard InChI is InChI=1S/C12H15N3S/c1-16-12-6-2-4-10(12)15-9-5-3-7-14-11(9)8-13/h3,5,7,10,12,15H,2,4,6H2,1H3. The van der Waals surface area contributed by atoms with Crippen molar-refractivity contribution in [1.82, 2.24) is 4.98 Å². The maximum absolute atomic E-state index is 8.96. The maximum atomic E-state index is 8.96. The quantitative estimate of drug-likeness (QED) is 0.872. The fourth-order valence-electron chi connectivity index (χ4n) is 2.18. The number of anilines is 1. The van der Waals surface area contributed by atoms with E-state index in [0.29, 0.717) is 17.0 Å². The summed E-state index contributed by atoms with van der Waals surface area (Å²) < 4.78 is 0. The van der Waals surface area contributed by atoms with Gasteiger partial charge in [0.1, 0.15) is 6.07 Å². The van der Waals surface area contributed by atoms with Crippen LogP contribution in [-0.2, 0) is 0 Å². The van der Waals surface area contributed by atoms with Gasteiger partial charge in [-0.1, -0.05) is 6.42 Å². The summed E-state index contributed by atoms with van der Waals surface area (Å²) in [5, 5.41) is 13.1. The van der Waals surface area contributed by atoms with Crippen LogP contribution in [0.3, 0.4) is 0 Å². The summed E-state index contributed by atoms with van der Waals surface area (Å²) in [6.07, 6.45) is 7.53. The highest BCUT2D eigenvalue weighted by molar-refractivity contribution is 7.99. The Balaban J connectivity index is 2.12. The predicted molar refractivity (Wildman–Crippen MR) is 67.5 cm³/mol. The Labute approximate surface area is 100 Å². The first-order chi connectivity index (χ1) is 7.85. The van der Waals surface area contributed by atoms with Crippen LogP contribution in [0.15, 0.2) is 18.3 Å². The highest BCUT2D eigenvalue weighted by Gasteiger charge is 2.26. The van der Waals surface area contributed by atoms with Gasteiger partial charge >= 0.3 is 0 Å². The summed E-state index contributed by atoms with van der Waals surface area (Å²) in [6, 6.07) is 6.40. The van der Waals surface area contributed by atoms with Crippen molar-refractivity contribution in [2.75, 3.05) is 11.6 Å². The van der Waals surface area contributed by atoms with Crippen molar-refractivity contribution in [3.63, 3.8) is 0 Å². The van der Waals surface area contributed by atoms with Crippen LogP contribution in [0.1, 0.15) is 25.0 Å². The third kappa shape index (κ3) is 2.30. The molecule has 3 nitrogen and oxygen atoms in total. The number of hydrogen-bond acceptors (Lipinski definition) is 4. The lowest BCUT2D eigenvalue weighted by molar-refractivity contribution is 0.767. The van der Waals surface area contributed by atoms with Crippen LogP contribution in [0.25, 0.3) is 0 Å². The molecule has 1 heterocycles. The molecule has 1 aliphatic rings. The molecule has 1 aromatic rings. The van der Waals surface area contributed by atoms with Gasteiger partial charge in [-0.15, -0.1) is 0 Å². The van der Waals surface area contributed by atoms with E-state index in [1.54, 1.807) is 6.20 Å². The Kier molecular flexibility index (Phi) is 3.68. The van der Waals surface area contributed by atoms with Gasteiger partial charge in [0.05, 0.1) is 5.69 Å². The molecule has 0 radical (unpaired) electrons. The minimum absolute atomic E-state index is 0.478. The summed E-state index contributed by atoms with van der Waals surface area (Å²) in [7, 11) is 0. The van der Waals surface area contributed by atoms with Gasteiger partial charge in [-0.2, -0.15) is 17.0 Å². The molecule has 0 bridgehead atoms. The summed E-state index contributed by atoms with van der Waals surface area (Å²) in [5.41, 5.74) is 1.37. The Morgan fingerprint density at radius 2 is 2.44 bits per heavy atom. The zero-order valence-corrected chi connectivity index (χ0v) is 10.1. The Morgan fingerprint density at radius 1 is 1.56 bits per heavy atom. The molecule has 0 spiro atoms. The number of pyridine rings is 1. The van der Waals surface area contributed by atoms with Gasteiger partial charge in [-0.3, -0.25) is 0 Å². The molecule has 16 heavy (non-hydrogen) atoms. The third-order valence-corrected chi connectivity index (χ3v) is 4.18. The predicted octanol–water partition coefficient (Wildman–Crippen LogP) is 2.65. The van der Waals surface area contributed by atoms with E-state index in [4.69, 9.17) is 5.26 Å². The van der Waals surface area contributed by atoms with Crippen molar-refractivity contribution < 1.29 is 0 Å². The third-order valence-electron chi connectivity index (χ3n) is 3.01. The molecular weight excluding hydrogens is 218 g/mol. The average Bonchev–Trinajstić information content (AvgIpc) is 2.77. The van der Waals surface area contributed by atoms with E-state index in [1.807, 2.05) is 23.9 Å². The Morgan fingerprint density at radius 3 is 3.19 bits per heavy atom. The summed E-state index contributed by atoms with van der Waals surface area (Å²) >= 11 is 1.91. The first kappa shape index (κ1) is 11.3. The van der Waals surface area contributed by atoms with E-state index in [1.165, 1.54) is 19.3 Å². The Bertz CT molecular complexity index is 399. The van der Waals surface area contributed by atoms with Gasteiger partial charge in [0.15, 0.2) is 5.69 Å². The highest BCUT2D eigenvalue weighted by Crippen LogP contribution is 2.31. The van der Waals surface area contributed by atoms with Crippen molar-refractivity contribution in [3.8, 4) is 6.07 Å². The van der Waals surface area contributed by atoms with Crippen LogP contribution < -0.4 is 5.32 Å². The lowest BCUT2D eigenvalue weighted by Gasteiger charge is -2.20. The number of thioether (sulfide) groups is 1. The van der Waals surface area contributed by atoms with Crippen LogP contribution in [0, 0.1) is 11.3 Å². The second-order valence-electron chi connectivity index (χ2n) is 3.97. The molecule has 84 valence electrons. The molecule has 1 aromatic heterocycles. The molecule has 1 N–H and O–H groups in total. The van der Waals surface area contributed by atoms with Crippen LogP contribution in [0.2, 0.25) is 0 Å². The van der Waals surface area contributed by atoms with Gasteiger partial charge in [0.2, 0.25) is 0 Å². The molecular formula is C12H15N3S. The van der Waals surface area contributed by atoms with Gasteiger partial charge < -0.3 is 5.32 Å². The van der Waals surface area contributed by atoms with E-state index in [2.05, 4.69) is 22.6 Å². The first-order valence-electron chi connectivity index (χ1n) is 5.49. The molecule has 2 atom stereocenters. The number of nitrogens with zero attached hydrogens (tertiary/aromatic N) is 2. The van der Waals surface area contributed by atoms with Crippen molar-refractivity contribution in [1.29, 1.82) is 5.26 Å². The smallest absolute Gasteiger partial charge is 0.163 e. The van der Waals surface area contributed by atoms with Gasteiger partial charge in [-0.05, 0) is 31.2 Å². The Hall–Kier alpha value is -1.21. The van der Waals surface area contributed by atoms with E-state index in [-0.39, 0.29) is 0 Å². The van der Waals surface area contributed by atoms with E-state index in [0.717, 1.165) is 5.69 Å². The van der Waals surface area contributed by atoms with Crippen LogP contribution in [0.5, 0.6) is 0 Å². The number of aromatic nitrogens is 1. The lowest BCUT2D eigenvalue weighted by atomic mass is 10.2. The molecule has 1 fully saturated rings. The zero-order valence-electron chi connectivity index (χ0n) is 9.31. The lowest BCUT2D eigenvalue weighted by Crippen LogP contribution is -2.26. The molecule has 1 aliphatic carbocycles. The van der Waals surface area contributed by atoms with Gasteiger partial charge in [0, 0.05) is 17.5 Å². The molecule has 0 aliphatic heterocycles. The summed E-state index contributed by atoms with van der Waals surface area (Å²) in [5.74, 6) is 0. The normalized spacial score (nSPS) is 24.0. The maximum Gasteiger partial charge on any atom is 0.163 e. The second-order valence-corrected chi connectivity index (χ2v) is 5.04. The van der Waals surface area contributed by atoms with Crippen LogP contribution in [-0.4, -0.2) is 22.5 Å². The molecule has 2 unspecified atom stereocenters. The van der Waals surface area contributed by atoms with Gasteiger partial charge in [-0.25, -0.2) is 4.98 Å². The number of nitriles is 1. The first-order valence-corrected chi connectivity index (χ1v) is 6.78. The van der Waals surface area contributed by atoms with E-state index >= 15 is 0 Å². The molecule has 0 amide bonds. The minimum Gasteiger partial charge on any atom is -0.379 e. The fraction of sp³-hybridized carbons (Fsp3) is 0.500. The van der Waals surface area contributed by atoms with Crippen LogP contribution >= 0.6 is 11.8 Å². The van der Waals surface area contributed by atoms with Gasteiger partial charge in [0.25, 0.3) is 0 Å². The van der Waals surface area contributed by atoms with Crippen molar-refractivity contribution >= 4 is 17.4 Å². The second kappa shape index (κ2) is 5.22. The highest BCUT2D eigenvalue weighted by atomic mass is 32.2. The molecule has 0 aromatic carbocycles. The topological polar surface area (TPSA) is 48.7 Å². The van der Waals surface area contributed by atoms with E-state index in [9.17, 15) is 0 Å². The number of nitrogens with one attached hydrogen (secondary N) is 1. The van der Waals surface area contributed by atoms with Crippen molar-refractivity contribution in [2.45, 2.75) is 30.6 Å². The average molecular weight is 233 g/mol. The van der Waals surface area contributed by atoms with Crippen LogP contribution in [0.4, 0.5) is 5.69 Å². The monoisotopic (exact) mass is 233 g/mol. The van der Waals surface area contributed by atoms with Crippen molar-refractivity contribution in [3.05, 3.63) is 24.0 Å². The SMILES string of the molecule is CSC1CCCC1Nc1cccnc1C#N. The number of hydrogen-bond donors (Lipinski definition) is 1. The number of rotatable bonds is 3. The molecule has 0 saturated heterocycles. The van der Waals surface area contributed by atoms with E-state index < -0.39 is 0 Å².